The second kappa shape index (κ2) is 6.17. The highest BCUT2D eigenvalue weighted by Gasteiger charge is 2.41. The first-order chi connectivity index (χ1) is 10.3. The minimum absolute atomic E-state index is 0.0721. The van der Waals surface area contributed by atoms with Gasteiger partial charge in [-0.05, 0) is 26.0 Å². The highest BCUT2D eigenvalue weighted by Crippen LogP contribution is 2.41. The number of pyridine rings is 1. The summed E-state index contributed by atoms with van der Waals surface area (Å²) >= 11 is 0. The molecule has 0 saturated carbocycles. The van der Waals surface area contributed by atoms with Crippen molar-refractivity contribution in [3.05, 3.63) is 30.1 Å². The molecule has 2 heterocycles. The first-order valence-corrected chi connectivity index (χ1v) is 6.43. The molecule has 22 heavy (non-hydrogen) atoms. The number of hydrogen-bond donors (Lipinski definition) is 0. The van der Waals surface area contributed by atoms with E-state index in [1.165, 1.54) is 12.4 Å². The van der Waals surface area contributed by atoms with Crippen LogP contribution in [0.25, 0.3) is 11.4 Å². The van der Waals surface area contributed by atoms with Gasteiger partial charge in [-0.1, -0.05) is 0 Å². The summed E-state index contributed by atoms with van der Waals surface area (Å²) in [5.41, 5.74) is -0.614. The smallest absolute Gasteiger partial charge is 0.426 e. The normalized spacial score (nSPS) is 11.6. The highest BCUT2D eigenvalue weighted by atomic mass is 19.4. The van der Waals surface area contributed by atoms with E-state index in [1.54, 1.807) is 26.0 Å². The largest absolute Gasteiger partial charge is 0.480 e. The zero-order chi connectivity index (χ0) is 16.3. The molecule has 0 bridgehead atoms. The van der Waals surface area contributed by atoms with Crippen molar-refractivity contribution in [1.82, 2.24) is 15.0 Å². The monoisotopic (exact) mass is 313 g/mol. The van der Waals surface area contributed by atoms with Gasteiger partial charge in [-0.25, -0.2) is 0 Å². The summed E-state index contributed by atoms with van der Waals surface area (Å²) in [6, 6.07) is 3.17. The van der Waals surface area contributed by atoms with E-state index in [0.29, 0.717) is 5.56 Å². The Balaban J connectivity index is 2.65. The Kier molecular flexibility index (Phi) is 4.48. The number of rotatable bonds is 4. The quantitative estimate of drug-likeness (QED) is 0.866. The van der Waals surface area contributed by atoms with Crippen molar-refractivity contribution in [2.45, 2.75) is 26.1 Å². The molecule has 2 aromatic rings. The SMILES string of the molecule is COc1nc(-c2ccncc2)nc(OC(C)C)c1C(F)(F)F. The first kappa shape index (κ1) is 16.0. The van der Waals surface area contributed by atoms with Gasteiger partial charge in [0.15, 0.2) is 11.4 Å². The van der Waals surface area contributed by atoms with E-state index in [2.05, 4.69) is 15.0 Å². The van der Waals surface area contributed by atoms with Gasteiger partial charge in [0, 0.05) is 18.0 Å². The van der Waals surface area contributed by atoms with E-state index in [4.69, 9.17) is 9.47 Å². The number of methoxy groups -OCH3 is 1. The Morgan fingerprint density at radius 1 is 1.05 bits per heavy atom. The summed E-state index contributed by atoms with van der Waals surface area (Å²) in [6.07, 6.45) is -2.18. The number of halogens is 3. The summed E-state index contributed by atoms with van der Waals surface area (Å²) < 4.78 is 49.7. The summed E-state index contributed by atoms with van der Waals surface area (Å²) in [7, 11) is 1.12. The zero-order valence-electron chi connectivity index (χ0n) is 12.2. The predicted molar refractivity (Wildman–Crippen MR) is 72.6 cm³/mol. The Labute approximate surface area is 125 Å². The van der Waals surface area contributed by atoms with Gasteiger partial charge in [0.25, 0.3) is 0 Å². The standard InChI is InChI=1S/C14H14F3N3O2/c1-8(2)22-13-10(14(15,16)17)12(21-3)19-11(20-13)9-4-6-18-7-5-9/h4-8H,1-3H3. The van der Waals surface area contributed by atoms with Gasteiger partial charge in [-0.15, -0.1) is 0 Å². The molecule has 8 heteroatoms. The predicted octanol–water partition coefficient (Wildman–Crippen LogP) is 3.35. The molecule has 0 aliphatic rings. The number of nitrogens with zero attached hydrogens (tertiary/aromatic N) is 3. The molecular formula is C14H14F3N3O2. The molecule has 0 aliphatic heterocycles. The van der Waals surface area contributed by atoms with Crippen LogP contribution in [-0.4, -0.2) is 28.2 Å². The molecule has 0 amide bonds. The van der Waals surface area contributed by atoms with Gasteiger partial charge in [0.2, 0.25) is 11.8 Å². The summed E-state index contributed by atoms with van der Waals surface area (Å²) in [5, 5.41) is 0. The van der Waals surface area contributed by atoms with Crippen molar-refractivity contribution in [2.75, 3.05) is 7.11 Å². The lowest BCUT2D eigenvalue weighted by atomic mass is 10.2. The lowest BCUT2D eigenvalue weighted by Gasteiger charge is -2.18. The maximum atomic E-state index is 13.2. The molecule has 0 spiro atoms. The maximum Gasteiger partial charge on any atom is 0.426 e. The molecular weight excluding hydrogens is 299 g/mol. The van der Waals surface area contributed by atoms with E-state index in [1.807, 2.05) is 0 Å². The van der Waals surface area contributed by atoms with Crippen LogP contribution < -0.4 is 9.47 Å². The third kappa shape index (κ3) is 3.44. The fourth-order valence-corrected chi connectivity index (χ4v) is 1.75. The molecule has 0 aromatic carbocycles. The van der Waals surface area contributed by atoms with Crippen molar-refractivity contribution in [3.63, 3.8) is 0 Å². The molecule has 0 aliphatic carbocycles. The zero-order valence-corrected chi connectivity index (χ0v) is 12.2. The number of alkyl halides is 3. The first-order valence-electron chi connectivity index (χ1n) is 6.43. The van der Waals surface area contributed by atoms with Gasteiger partial charge in [-0.2, -0.15) is 23.1 Å². The lowest BCUT2D eigenvalue weighted by Crippen LogP contribution is -2.17. The minimum Gasteiger partial charge on any atom is -0.480 e. The molecule has 0 saturated heterocycles. The van der Waals surface area contributed by atoms with E-state index < -0.39 is 29.6 Å². The second-order valence-corrected chi connectivity index (χ2v) is 4.64. The molecule has 0 radical (unpaired) electrons. The van der Waals surface area contributed by atoms with Gasteiger partial charge >= 0.3 is 6.18 Å². The van der Waals surface area contributed by atoms with Crippen LogP contribution in [0, 0.1) is 0 Å². The molecule has 0 unspecified atom stereocenters. The van der Waals surface area contributed by atoms with Gasteiger partial charge in [0.05, 0.1) is 13.2 Å². The van der Waals surface area contributed by atoms with E-state index in [0.717, 1.165) is 7.11 Å². The van der Waals surface area contributed by atoms with E-state index >= 15 is 0 Å². The minimum atomic E-state index is -4.69. The summed E-state index contributed by atoms with van der Waals surface area (Å²) in [6.45, 7) is 3.22. The van der Waals surface area contributed by atoms with Crippen LogP contribution in [0.1, 0.15) is 19.4 Å². The molecule has 0 N–H and O–H groups in total. The third-order valence-corrected chi connectivity index (χ3v) is 2.61. The van der Waals surface area contributed by atoms with Crippen molar-refractivity contribution >= 4 is 0 Å². The fraction of sp³-hybridized carbons (Fsp3) is 0.357. The van der Waals surface area contributed by atoms with Crippen LogP contribution in [0.2, 0.25) is 0 Å². The van der Waals surface area contributed by atoms with Crippen molar-refractivity contribution < 1.29 is 22.6 Å². The van der Waals surface area contributed by atoms with E-state index in [9.17, 15) is 13.2 Å². The molecule has 118 valence electrons. The van der Waals surface area contributed by atoms with Crippen LogP contribution >= 0.6 is 0 Å². The second-order valence-electron chi connectivity index (χ2n) is 4.64. The maximum absolute atomic E-state index is 13.2. The Hall–Kier alpha value is -2.38. The summed E-state index contributed by atoms with van der Waals surface area (Å²) in [5.74, 6) is -1.06. The van der Waals surface area contributed by atoms with Gasteiger partial charge < -0.3 is 9.47 Å². The topological polar surface area (TPSA) is 57.1 Å². The van der Waals surface area contributed by atoms with Gasteiger partial charge in [-0.3, -0.25) is 4.98 Å². The Bertz CT molecular complexity index is 646. The van der Waals surface area contributed by atoms with Crippen molar-refractivity contribution in [3.8, 4) is 23.1 Å². The van der Waals surface area contributed by atoms with Crippen LogP contribution in [0.3, 0.4) is 0 Å². The average molecular weight is 313 g/mol. The van der Waals surface area contributed by atoms with Crippen molar-refractivity contribution in [2.24, 2.45) is 0 Å². The molecule has 0 atom stereocenters. The summed E-state index contributed by atoms with van der Waals surface area (Å²) in [4.78, 5) is 11.6. The molecule has 0 fully saturated rings. The Morgan fingerprint density at radius 2 is 1.64 bits per heavy atom. The molecule has 2 rings (SSSR count). The van der Waals surface area contributed by atoms with Crippen molar-refractivity contribution in [1.29, 1.82) is 0 Å². The van der Waals surface area contributed by atoms with Gasteiger partial charge in [0.1, 0.15) is 0 Å². The number of hydrogen-bond acceptors (Lipinski definition) is 5. The molecule has 5 nitrogen and oxygen atoms in total. The van der Waals surface area contributed by atoms with Crippen LogP contribution in [0.4, 0.5) is 13.2 Å². The van der Waals surface area contributed by atoms with Crippen LogP contribution in [-0.2, 0) is 6.18 Å². The van der Waals surface area contributed by atoms with E-state index in [-0.39, 0.29) is 5.82 Å². The third-order valence-electron chi connectivity index (χ3n) is 2.61. The lowest BCUT2D eigenvalue weighted by molar-refractivity contribution is -0.141. The highest BCUT2D eigenvalue weighted by molar-refractivity contribution is 5.57. The number of ether oxygens (including phenoxy) is 2. The number of aromatic nitrogens is 3. The van der Waals surface area contributed by atoms with Crippen LogP contribution in [0.15, 0.2) is 24.5 Å². The average Bonchev–Trinajstić information content (AvgIpc) is 2.45. The molecule has 2 aromatic heterocycles. The van der Waals surface area contributed by atoms with Crippen LogP contribution in [0.5, 0.6) is 11.8 Å². The fourth-order valence-electron chi connectivity index (χ4n) is 1.75. The Morgan fingerprint density at radius 3 is 2.14 bits per heavy atom.